The van der Waals surface area contributed by atoms with E-state index in [9.17, 15) is 9.59 Å². The number of anilines is 1. The first-order valence-electron chi connectivity index (χ1n) is 19.8. The second-order valence-corrected chi connectivity index (χ2v) is 15.9. The summed E-state index contributed by atoms with van der Waals surface area (Å²) in [5.41, 5.74) is 2.82. The number of benzene rings is 4. The average molecular weight is 870 g/mol. The molecular formula is C46H43N7O7S2. The van der Waals surface area contributed by atoms with E-state index in [1.54, 1.807) is 72.7 Å². The topological polar surface area (TPSA) is 154 Å². The Balaban J connectivity index is 1.16. The molecule has 1 amide bonds. The van der Waals surface area contributed by atoms with E-state index in [1.807, 2.05) is 84.9 Å². The van der Waals surface area contributed by atoms with Crippen molar-refractivity contribution in [2.75, 3.05) is 31.9 Å². The Morgan fingerprint density at radius 2 is 1.48 bits per heavy atom. The van der Waals surface area contributed by atoms with Crippen LogP contribution in [0.1, 0.15) is 46.6 Å². The quantitative estimate of drug-likeness (QED) is 0.0792. The maximum absolute atomic E-state index is 13.2. The van der Waals surface area contributed by atoms with E-state index in [-0.39, 0.29) is 34.5 Å². The molecule has 4 aromatic carbocycles. The molecule has 62 heavy (non-hydrogen) atoms. The SMILES string of the molecule is COc1ccc(C(OCC[C@H]2O[C@@H](n3cnc4c(NC(=O)c5ccccc5)ncnc43)[C@H](OC(=S)n3ccnc3)[C@@H]2CSC(C)=O)(c2ccccc2)c2ccc(OC)cc2)cc1. The van der Waals surface area contributed by atoms with Crippen LogP contribution in [0.2, 0.25) is 0 Å². The van der Waals surface area contributed by atoms with Crippen molar-refractivity contribution < 1.29 is 33.3 Å². The van der Waals surface area contributed by atoms with Crippen LogP contribution in [0.25, 0.3) is 11.2 Å². The highest BCUT2D eigenvalue weighted by molar-refractivity contribution is 8.13. The molecule has 0 aliphatic carbocycles. The lowest BCUT2D eigenvalue weighted by Crippen LogP contribution is -2.36. The molecule has 7 aromatic rings. The molecule has 16 heteroatoms. The monoisotopic (exact) mass is 869 g/mol. The predicted octanol–water partition coefficient (Wildman–Crippen LogP) is 7.70. The standard InChI is InChI=1S/C46H43N7O7S2/c1-30(54)62-26-37-38(22-25-58-46(32-12-8-5-9-13-32,33-14-18-35(56-2)19-15-33)34-16-20-36(57-3)21-17-34)59-44(40(37)60-45(61)52-24-23-47-28-52)53-29-50-39-41(48-27-49-42(39)53)51-43(55)31-10-6-4-7-11-31/h4-21,23-24,27-29,37-38,40,44H,22,25-26H2,1-3H3,(H,48,49,51,55)/t37-,38-,40-,44-/m1/s1. The van der Waals surface area contributed by atoms with Crippen LogP contribution >= 0.6 is 24.0 Å². The summed E-state index contributed by atoms with van der Waals surface area (Å²) in [7, 11) is 3.27. The molecule has 4 heterocycles. The van der Waals surface area contributed by atoms with Crippen LogP contribution in [0.4, 0.5) is 5.82 Å². The number of amides is 1. The van der Waals surface area contributed by atoms with E-state index in [2.05, 4.69) is 25.3 Å². The molecule has 0 spiro atoms. The van der Waals surface area contributed by atoms with Crippen LogP contribution in [0.5, 0.6) is 11.5 Å². The lowest BCUT2D eigenvalue weighted by Gasteiger charge is -2.36. The van der Waals surface area contributed by atoms with Gasteiger partial charge in [-0.3, -0.25) is 18.7 Å². The minimum atomic E-state index is -1.07. The van der Waals surface area contributed by atoms with Gasteiger partial charge in [0.05, 0.1) is 33.3 Å². The van der Waals surface area contributed by atoms with Crippen LogP contribution < -0.4 is 14.8 Å². The third kappa shape index (κ3) is 8.81. The van der Waals surface area contributed by atoms with Gasteiger partial charge in [0, 0.05) is 36.6 Å². The number of fused-ring (bicyclic) bond motifs is 1. The zero-order valence-electron chi connectivity index (χ0n) is 34.1. The highest BCUT2D eigenvalue weighted by atomic mass is 32.2. The number of hydrogen-bond acceptors (Lipinski definition) is 13. The molecule has 0 radical (unpaired) electrons. The molecule has 1 aliphatic rings. The number of nitrogens with zero attached hydrogens (tertiary/aromatic N) is 6. The number of carbonyl (C=O) groups excluding carboxylic acids is 2. The van der Waals surface area contributed by atoms with Crippen molar-refractivity contribution in [2.24, 2.45) is 5.92 Å². The molecule has 316 valence electrons. The zero-order valence-corrected chi connectivity index (χ0v) is 35.7. The molecule has 1 fully saturated rings. The summed E-state index contributed by atoms with van der Waals surface area (Å²) in [6.45, 7) is 1.75. The molecule has 14 nitrogen and oxygen atoms in total. The zero-order chi connectivity index (χ0) is 43.1. The van der Waals surface area contributed by atoms with Crippen molar-refractivity contribution in [3.63, 3.8) is 0 Å². The van der Waals surface area contributed by atoms with Gasteiger partial charge < -0.3 is 29.0 Å². The van der Waals surface area contributed by atoms with Gasteiger partial charge in [-0.1, -0.05) is 84.6 Å². The van der Waals surface area contributed by atoms with E-state index in [0.29, 0.717) is 40.4 Å². The van der Waals surface area contributed by atoms with Gasteiger partial charge in [-0.2, -0.15) is 0 Å². The Morgan fingerprint density at radius 3 is 2.10 bits per heavy atom. The van der Waals surface area contributed by atoms with Crippen LogP contribution in [0, 0.1) is 5.92 Å². The smallest absolute Gasteiger partial charge is 0.269 e. The Hall–Kier alpha value is -6.46. The molecule has 1 N–H and O–H groups in total. The van der Waals surface area contributed by atoms with Gasteiger partial charge in [0.2, 0.25) is 0 Å². The van der Waals surface area contributed by atoms with Gasteiger partial charge >= 0.3 is 0 Å². The maximum atomic E-state index is 13.2. The van der Waals surface area contributed by atoms with Gasteiger partial charge in [0.1, 0.15) is 29.8 Å². The van der Waals surface area contributed by atoms with Crippen molar-refractivity contribution in [1.82, 2.24) is 29.1 Å². The fraction of sp³-hybridized carbons (Fsp3) is 0.239. The lowest BCUT2D eigenvalue weighted by molar-refractivity contribution is -0.109. The van der Waals surface area contributed by atoms with Crippen molar-refractivity contribution in [1.29, 1.82) is 0 Å². The number of rotatable bonds is 15. The molecule has 0 unspecified atom stereocenters. The molecule has 3 aromatic heterocycles. The van der Waals surface area contributed by atoms with E-state index in [0.717, 1.165) is 16.7 Å². The first-order valence-corrected chi connectivity index (χ1v) is 21.2. The van der Waals surface area contributed by atoms with Crippen molar-refractivity contribution in [3.05, 3.63) is 163 Å². The number of thioether (sulfide) groups is 1. The molecule has 8 rings (SSSR count). The normalized spacial score (nSPS) is 17.4. The Labute approximate surface area is 367 Å². The number of ether oxygens (including phenoxy) is 5. The van der Waals surface area contributed by atoms with Gasteiger partial charge in [0.25, 0.3) is 11.1 Å². The van der Waals surface area contributed by atoms with E-state index in [4.69, 9.17) is 35.9 Å². The highest BCUT2D eigenvalue weighted by Crippen LogP contribution is 2.44. The fourth-order valence-corrected chi connectivity index (χ4v) is 8.74. The highest BCUT2D eigenvalue weighted by Gasteiger charge is 2.49. The number of aromatic nitrogens is 6. The third-order valence-electron chi connectivity index (χ3n) is 10.7. The van der Waals surface area contributed by atoms with Crippen LogP contribution in [-0.2, 0) is 24.6 Å². The first kappa shape index (κ1) is 42.2. The summed E-state index contributed by atoms with van der Waals surface area (Å²) in [5.74, 6) is 1.28. The van der Waals surface area contributed by atoms with Crippen molar-refractivity contribution >= 4 is 57.2 Å². The van der Waals surface area contributed by atoms with E-state index in [1.165, 1.54) is 25.0 Å². The second-order valence-electron chi connectivity index (χ2n) is 14.4. The Kier molecular flexibility index (Phi) is 13.0. The first-order chi connectivity index (χ1) is 30.3. The molecule has 1 saturated heterocycles. The summed E-state index contributed by atoms with van der Waals surface area (Å²) in [6, 6.07) is 34.6. The van der Waals surface area contributed by atoms with Crippen LogP contribution in [-0.4, -0.2) is 84.1 Å². The third-order valence-corrected chi connectivity index (χ3v) is 12.0. The van der Waals surface area contributed by atoms with Crippen LogP contribution in [0.3, 0.4) is 0 Å². The summed E-state index contributed by atoms with van der Waals surface area (Å²) < 4.78 is 35.3. The molecular weight excluding hydrogens is 827 g/mol. The summed E-state index contributed by atoms with van der Waals surface area (Å²) in [6.07, 6.45) is 6.10. The van der Waals surface area contributed by atoms with Crippen molar-refractivity contribution in [3.8, 4) is 11.5 Å². The Bertz CT molecular complexity index is 2570. The van der Waals surface area contributed by atoms with Gasteiger partial charge in [0.15, 0.2) is 34.4 Å². The number of thiocarbonyl (C=S) groups is 1. The average Bonchev–Trinajstić information content (AvgIpc) is 4.08. The predicted molar refractivity (Wildman–Crippen MR) is 238 cm³/mol. The molecule has 1 aliphatic heterocycles. The number of nitrogens with one attached hydrogen (secondary N) is 1. The van der Waals surface area contributed by atoms with Gasteiger partial charge in [-0.15, -0.1) is 0 Å². The van der Waals surface area contributed by atoms with E-state index < -0.39 is 24.0 Å². The van der Waals surface area contributed by atoms with E-state index >= 15 is 0 Å². The second kappa shape index (κ2) is 19.1. The molecule has 0 bridgehead atoms. The summed E-state index contributed by atoms with van der Waals surface area (Å²) in [4.78, 5) is 43.5. The molecule has 4 atom stereocenters. The Morgan fingerprint density at radius 1 is 0.839 bits per heavy atom. The fourth-order valence-electron chi connectivity index (χ4n) is 7.69. The number of carbonyl (C=O) groups is 2. The van der Waals surface area contributed by atoms with Crippen molar-refractivity contribution in [2.45, 2.75) is 37.4 Å². The summed E-state index contributed by atoms with van der Waals surface area (Å²) in [5, 5.41) is 2.96. The van der Waals surface area contributed by atoms with Gasteiger partial charge in [-0.05, 0) is 71.7 Å². The minimum absolute atomic E-state index is 0.0545. The summed E-state index contributed by atoms with van der Waals surface area (Å²) >= 11 is 6.98. The number of methoxy groups -OCH3 is 2. The lowest BCUT2D eigenvalue weighted by atomic mass is 9.80. The van der Waals surface area contributed by atoms with Gasteiger partial charge in [-0.25, -0.2) is 19.9 Å². The maximum Gasteiger partial charge on any atom is 0.269 e. The number of imidazole rings is 2. The van der Waals surface area contributed by atoms with Crippen LogP contribution in [0.15, 0.2) is 141 Å². The largest absolute Gasteiger partial charge is 0.497 e. The minimum Gasteiger partial charge on any atom is -0.497 e. The number of hydrogen-bond donors (Lipinski definition) is 1. The molecule has 0 saturated carbocycles.